The second kappa shape index (κ2) is 7.16. The lowest BCUT2D eigenvalue weighted by Gasteiger charge is -2.21. The van der Waals surface area contributed by atoms with Crippen LogP contribution in [0.4, 0.5) is 0 Å². The monoisotopic (exact) mass is 253 g/mol. The van der Waals surface area contributed by atoms with E-state index in [1.807, 2.05) is 0 Å². The summed E-state index contributed by atoms with van der Waals surface area (Å²) in [6.07, 6.45) is 8.22. The van der Waals surface area contributed by atoms with Gasteiger partial charge < -0.3 is 15.4 Å². The van der Waals surface area contributed by atoms with Crippen molar-refractivity contribution in [3.8, 4) is 0 Å². The number of nitrogens with zero attached hydrogens (tertiary/aromatic N) is 2. The van der Waals surface area contributed by atoms with E-state index in [-0.39, 0.29) is 11.7 Å². The van der Waals surface area contributed by atoms with Gasteiger partial charge in [-0.3, -0.25) is 4.79 Å². The molecule has 3 N–H and O–H groups in total. The first kappa shape index (κ1) is 14.7. The van der Waals surface area contributed by atoms with Crippen LogP contribution in [0.2, 0.25) is 0 Å². The summed E-state index contributed by atoms with van der Waals surface area (Å²) < 4.78 is 1.79. The van der Waals surface area contributed by atoms with Crippen molar-refractivity contribution in [2.24, 2.45) is 5.73 Å². The van der Waals surface area contributed by atoms with Crippen LogP contribution in [0, 0.1) is 0 Å². The topological polar surface area (TPSA) is 81.1 Å². The van der Waals surface area contributed by atoms with Gasteiger partial charge in [0, 0.05) is 6.20 Å². The standard InChI is InChI=1S/C13H23N3O2/c1-3-4-5-6-7-12(10(2)17)16-8-11(13(14)18)15-9-16/h8-10,12,17H,3-7H2,1-2H3,(H2,14,18)/t10-,12-/m1/s1. The van der Waals surface area contributed by atoms with Crippen LogP contribution in [0.1, 0.15) is 62.5 Å². The number of aliphatic hydroxyl groups excluding tert-OH is 1. The molecule has 1 aromatic rings. The van der Waals surface area contributed by atoms with Crippen molar-refractivity contribution in [3.05, 3.63) is 18.2 Å². The first-order chi connectivity index (χ1) is 8.56. The Hall–Kier alpha value is -1.36. The minimum absolute atomic E-state index is 0.0394. The molecule has 0 aromatic carbocycles. The van der Waals surface area contributed by atoms with Crippen molar-refractivity contribution in [3.63, 3.8) is 0 Å². The zero-order valence-electron chi connectivity index (χ0n) is 11.2. The van der Waals surface area contributed by atoms with Crippen molar-refractivity contribution in [2.45, 2.75) is 58.1 Å². The van der Waals surface area contributed by atoms with Crippen LogP contribution in [0.3, 0.4) is 0 Å². The normalized spacial score (nSPS) is 14.4. The maximum Gasteiger partial charge on any atom is 0.268 e. The molecule has 5 heteroatoms. The molecule has 0 saturated carbocycles. The number of imidazole rings is 1. The Bertz CT molecular complexity index is 374. The molecular formula is C13H23N3O2. The molecule has 0 unspecified atom stereocenters. The molecule has 0 aliphatic rings. The summed E-state index contributed by atoms with van der Waals surface area (Å²) in [6.45, 7) is 3.93. The molecule has 5 nitrogen and oxygen atoms in total. The van der Waals surface area contributed by atoms with Crippen molar-refractivity contribution in [1.82, 2.24) is 9.55 Å². The quantitative estimate of drug-likeness (QED) is 0.694. The predicted molar refractivity (Wildman–Crippen MR) is 70.2 cm³/mol. The van der Waals surface area contributed by atoms with Crippen molar-refractivity contribution in [1.29, 1.82) is 0 Å². The van der Waals surface area contributed by atoms with Crippen LogP contribution in [0.5, 0.6) is 0 Å². The van der Waals surface area contributed by atoms with E-state index in [1.54, 1.807) is 24.0 Å². The highest BCUT2D eigenvalue weighted by Crippen LogP contribution is 2.20. The Morgan fingerprint density at radius 3 is 2.72 bits per heavy atom. The number of primary amides is 1. The van der Waals surface area contributed by atoms with Gasteiger partial charge in [0.15, 0.2) is 0 Å². The molecule has 1 rings (SSSR count). The van der Waals surface area contributed by atoms with Crippen LogP contribution in [-0.4, -0.2) is 26.7 Å². The average molecular weight is 253 g/mol. The van der Waals surface area contributed by atoms with Crippen molar-refractivity contribution >= 4 is 5.91 Å². The number of aromatic nitrogens is 2. The zero-order chi connectivity index (χ0) is 13.5. The van der Waals surface area contributed by atoms with Gasteiger partial charge in [-0.25, -0.2) is 4.98 Å². The molecule has 18 heavy (non-hydrogen) atoms. The molecule has 0 bridgehead atoms. The third-order valence-corrected chi connectivity index (χ3v) is 3.15. The number of unbranched alkanes of at least 4 members (excludes halogenated alkanes) is 3. The Labute approximate surface area is 108 Å². The molecule has 1 heterocycles. The smallest absolute Gasteiger partial charge is 0.268 e. The number of carbonyl (C=O) groups excluding carboxylic acids is 1. The summed E-state index contributed by atoms with van der Waals surface area (Å²) in [5.41, 5.74) is 5.41. The number of aliphatic hydroxyl groups is 1. The predicted octanol–water partition coefficient (Wildman–Crippen LogP) is 1.87. The van der Waals surface area contributed by atoms with Crippen molar-refractivity contribution < 1.29 is 9.90 Å². The van der Waals surface area contributed by atoms with Crippen LogP contribution >= 0.6 is 0 Å². The van der Waals surface area contributed by atoms with Gasteiger partial charge in [0.25, 0.3) is 5.91 Å². The van der Waals surface area contributed by atoms with Crippen LogP contribution in [0.25, 0.3) is 0 Å². The van der Waals surface area contributed by atoms with Gasteiger partial charge in [0.2, 0.25) is 0 Å². The van der Waals surface area contributed by atoms with Gasteiger partial charge >= 0.3 is 0 Å². The highest BCUT2D eigenvalue weighted by Gasteiger charge is 2.18. The van der Waals surface area contributed by atoms with Gasteiger partial charge in [-0.1, -0.05) is 32.6 Å². The largest absolute Gasteiger partial charge is 0.391 e. The van der Waals surface area contributed by atoms with Crippen molar-refractivity contribution in [2.75, 3.05) is 0 Å². The van der Waals surface area contributed by atoms with E-state index < -0.39 is 12.0 Å². The van der Waals surface area contributed by atoms with E-state index in [9.17, 15) is 9.90 Å². The Morgan fingerprint density at radius 2 is 2.22 bits per heavy atom. The molecule has 0 fully saturated rings. The lowest BCUT2D eigenvalue weighted by atomic mass is 10.0. The molecule has 0 aliphatic heterocycles. The van der Waals surface area contributed by atoms with E-state index in [0.717, 1.165) is 19.3 Å². The first-order valence-corrected chi connectivity index (χ1v) is 6.57. The van der Waals surface area contributed by atoms with Gasteiger partial charge in [-0.2, -0.15) is 0 Å². The third-order valence-electron chi connectivity index (χ3n) is 3.15. The van der Waals surface area contributed by atoms with E-state index in [0.29, 0.717) is 0 Å². The fourth-order valence-electron chi connectivity index (χ4n) is 2.06. The first-order valence-electron chi connectivity index (χ1n) is 6.57. The molecular weight excluding hydrogens is 230 g/mol. The van der Waals surface area contributed by atoms with E-state index >= 15 is 0 Å². The van der Waals surface area contributed by atoms with Gasteiger partial charge in [0.1, 0.15) is 5.69 Å². The highest BCUT2D eigenvalue weighted by atomic mass is 16.3. The summed E-state index contributed by atoms with van der Waals surface area (Å²) in [5.74, 6) is -0.538. The summed E-state index contributed by atoms with van der Waals surface area (Å²) in [6, 6.07) is -0.0394. The Morgan fingerprint density at radius 1 is 1.50 bits per heavy atom. The Balaban J connectivity index is 2.62. The summed E-state index contributed by atoms with van der Waals surface area (Å²) >= 11 is 0. The second-order valence-corrected chi connectivity index (χ2v) is 4.73. The summed E-state index contributed by atoms with van der Waals surface area (Å²) in [4.78, 5) is 14.9. The summed E-state index contributed by atoms with van der Waals surface area (Å²) in [7, 11) is 0. The van der Waals surface area contributed by atoms with Crippen LogP contribution in [-0.2, 0) is 0 Å². The maximum atomic E-state index is 11.0. The zero-order valence-corrected chi connectivity index (χ0v) is 11.2. The molecule has 0 spiro atoms. The van der Waals surface area contributed by atoms with Crippen LogP contribution < -0.4 is 5.73 Å². The van der Waals surface area contributed by atoms with E-state index in [4.69, 9.17) is 5.73 Å². The third kappa shape index (κ3) is 4.14. The number of amides is 1. The van der Waals surface area contributed by atoms with Gasteiger partial charge in [-0.15, -0.1) is 0 Å². The lowest BCUT2D eigenvalue weighted by molar-refractivity contribution is 0.0994. The average Bonchev–Trinajstić information content (AvgIpc) is 2.77. The molecule has 0 saturated heterocycles. The maximum absolute atomic E-state index is 11.0. The molecule has 102 valence electrons. The molecule has 1 amide bonds. The van der Waals surface area contributed by atoms with Gasteiger partial charge in [-0.05, 0) is 13.3 Å². The highest BCUT2D eigenvalue weighted by molar-refractivity contribution is 5.90. The van der Waals surface area contributed by atoms with E-state index in [1.165, 1.54) is 12.8 Å². The van der Waals surface area contributed by atoms with E-state index in [2.05, 4.69) is 11.9 Å². The number of nitrogens with two attached hydrogens (primary N) is 1. The molecule has 0 radical (unpaired) electrons. The summed E-state index contributed by atoms with van der Waals surface area (Å²) in [5, 5.41) is 9.81. The number of rotatable bonds is 8. The fraction of sp³-hybridized carbons (Fsp3) is 0.692. The second-order valence-electron chi connectivity index (χ2n) is 4.73. The molecule has 2 atom stereocenters. The SMILES string of the molecule is CCCCCC[C@H]([C@@H](C)O)n1cnc(C(N)=O)c1. The fourth-order valence-corrected chi connectivity index (χ4v) is 2.06. The Kier molecular flexibility index (Phi) is 5.85. The number of hydrogen-bond acceptors (Lipinski definition) is 3. The molecule has 1 aromatic heterocycles. The minimum atomic E-state index is -0.538. The molecule has 0 aliphatic carbocycles. The minimum Gasteiger partial charge on any atom is -0.391 e. The number of carbonyl (C=O) groups is 1. The van der Waals surface area contributed by atoms with Gasteiger partial charge in [0.05, 0.1) is 18.5 Å². The van der Waals surface area contributed by atoms with Crippen LogP contribution in [0.15, 0.2) is 12.5 Å². The lowest BCUT2D eigenvalue weighted by Crippen LogP contribution is -2.20. The number of hydrogen-bond donors (Lipinski definition) is 2.